The number of nitrogens with zero attached hydrogens (tertiary/aromatic N) is 1. The average molecular weight is 289 g/mol. The Labute approximate surface area is 125 Å². The molecule has 1 aliphatic heterocycles. The number of hydrogen-bond acceptors (Lipinski definition) is 2. The third-order valence-corrected chi connectivity index (χ3v) is 4.07. The van der Waals surface area contributed by atoms with Crippen LogP contribution in [0, 0.1) is 0 Å². The van der Waals surface area contributed by atoms with Gasteiger partial charge in [-0.05, 0) is 18.4 Å². The summed E-state index contributed by atoms with van der Waals surface area (Å²) in [6.07, 6.45) is 4.77. The molecule has 4 nitrogen and oxygen atoms in total. The number of aliphatic carboxylic acids is 1. The Bertz CT molecular complexity index is 464. The van der Waals surface area contributed by atoms with Crippen molar-refractivity contribution in [2.75, 3.05) is 13.1 Å². The molecular formula is C17H23NO3. The number of carboxylic acid groups (broad SMARTS) is 1. The van der Waals surface area contributed by atoms with E-state index < -0.39 is 5.97 Å². The van der Waals surface area contributed by atoms with Gasteiger partial charge in [0.25, 0.3) is 0 Å². The predicted octanol–water partition coefficient (Wildman–Crippen LogP) is 3.04. The first-order valence-corrected chi connectivity index (χ1v) is 7.71. The minimum Gasteiger partial charge on any atom is -0.481 e. The molecule has 1 fully saturated rings. The number of carboxylic acids is 1. The van der Waals surface area contributed by atoms with Crippen LogP contribution >= 0.6 is 0 Å². The predicted molar refractivity (Wildman–Crippen MR) is 81.1 cm³/mol. The van der Waals surface area contributed by atoms with Gasteiger partial charge in [0.05, 0.1) is 6.42 Å². The summed E-state index contributed by atoms with van der Waals surface area (Å²) < 4.78 is 0. The Morgan fingerprint density at radius 1 is 1.00 bits per heavy atom. The van der Waals surface area contributed by atoms with E-state index in [1.165, 1.54) is 12.8 Å². The van der Waals surface area contributed by atoms with Gasteiger partial charge in [0.15, 0.2) is 0 Å². The average Bonchev–Trinajstić information content (AvgIpc) is 2.76. The maximum absolute atomic E-state index is 12.4. The number of carbonyl (C=O) groups excluding carboxylic acids is 1. The second-order valence-corrected chi connectivity index (χ2v) is 5.70. The van der Waals surface area contributed by atoms with Gasteiger partial charge in [0, 0.05) is 25.4 Å². The molecule has 1 unspecified atom stereocenters. The van der Waals surface area contributed by atoms with Gasteiger partial charge in [-0.25, -0.2) is 0 Å². The normalized spacial score (nSPS) is 17.0. The van der Waals surface area contributed by atoms with Gasteiger partial charge in [-0.2, -0.15) is 0 Å². The highest BCUT2D eigenvalue weighted by molar-refractivity contribution is 5.78. The van der Waals surface area contributed by atoms with Crippen molar-refractivity contribution >= 4 is 11.9 Å². The molecule has 1 aromatic rings. The number of rotatable bonds is 5. The first kappa shape index (κ1) is 15.5. The minimum atomic E-state index is -0.854. The zero-order chi connectivity index (χ0) is 15.1. The zero-order valence-electron chi connectivity index (χ0n) is 12.3. The van der Waals surface area contributed by atoms with E-state index in [0.29, 0.717) is 0 Å². The number of likely N-dealkylation sites (tertiary alicyclic amines) is 1. The van der Waals surface area contributed by atoms with E-state index in [9.17, 15) is 9.59 Å². The Balaban J connectivity index is 2.03. The smallest absolute Gasteiger partial charge is 0.303 e. The van der Waals surface area contributed by atoms with Crippen molar-refractivity contribution in [3.8, 4) is 0 Å². The van der Waals surface area contributed by atoms with E-state index in [1.807, 2.05) is 35.2 Å². The zero-order valence-corrected chi connectivity index (χ0v) is 12.3. The van der Waals surface area contributed by atoms with Crippen LogP contribution in [0.15, 0.2) is 30.3 Å². The van der Waals surface area contributed by atoms with Crippen LogP contribution < -0.4 is 0 Å². The quantitative estimate of drug-likeness (QED) is 0.906. The van der Waals surface area contributed by atoms with Crippen LogP contribution in [0.3, 0.4) is 0 Å². The van der Waals surface area contributed by atoms with Crippen molar-refractivity contribution in [1.82, 2.24) is 4.90 Å². The highest BCUT2D eigenvalue weighted by Crippen LogP contribution is 2.25. The van der Waals surface area contributed by atoms with Crippen LogP contribution in [-0.4, -0.2) is 35.0 Å². The molecule has 0 aromatic heterocycles. The van der Waals surface area contributed by atoms with Crippen molar-refractivity contribution in [2.24, 2.45) is 0 Å². The van der Waals surface area contributed by atoms with E-state index >= 15 is 0 Å². The first-order chi connectivity index (χ1) is 10.2. The molecule has 0 bridgehead atoms. The van der Waals surface area contributed by atoms with Crippen LogP contribution in [0.5, 0.6) is 0 Å². The van der Waals surface area contributed by atoms with Gasteiger partial charge in [0.1, 0.15) is 0 Å². The number of benzene rings is 1. The summed E-state index contributed by atoms with van der Waals surface area (Å²) in [6.45, 7) is 1.63. The van der Waals surface area contributed by atoms with Gasteiger partial charge < -0.3 is 10.0 Å². The molecule has 21 heavy (non-hydrogen) atoms. The van der Waals surface area contributed by atoms with Gasteiger partial charge in [0.2, 0.25) is 5.91 Å². The third-order valence-electron chi connectivity index (χ3n) is 4.07. The van der Waals surface area contributed by atoms with Gasteiger partial charge in [-0.15, -0.1) is 0 Å². The lowest BCUT2D eigenvalue weighted by Crippen LogP contribution is -2.33. The summed E-state index contributed by atoms with van der Waals surface area (Å²) in [5, 5.41) is 9.09. The van der Waals surface area contributed by atoms with Gasteiger partial charge in [-0.1, -0.05) is 43.2 Å². The fourth-order valence-corrected chi connectivity index (χ4v) is 2.90. The Morgan fingerprint density at radius 3 is 2.19 bits per heavy atom. The molecule has 1 N–H and O–H groups in total. The molecular weight excluding hydrogens is 266 g/mol. The highest BCUT2D eigenvalue weighted by atomic mass is 16.4. The molecule has 0 spiro atoms. The number of hydrogen-bond donors (Lipinski definition) is 1. The summed E-state index contributed by atoms with van der Waals surface area (Å²) in [5.41, 5.74) is 0.933. The molecule has 1 aromatic carbocycles. The molecule has 0 aliphatic carbocycles. The molecule has 1 saturated heterocycles. The topological polar surface area (TPSA) is 57.6 Å². The molecule has 4 heteroatoms. The van der Waals surface area contributed by atoms with Crippen LogP contribution in [0.2, 0.25) is 0 Å². The summed E-state index contributed by atoms with van der Waals surface area (Å²) in [7, 11) is 0. The largest absolute Gasteiger partial charge is 0.481 e. The highest BCUT2D eigenvalue weighted by Gasteiger charge is 2.23. The van der Waals surface area contributed by atoms with E-state index in [4.69, 9.17) is 5.11 Å². The second-order valence-electron chi connectivity index (χ2n) is 5.70. The fourth-order valence-electron chi connectivity index (χ4n) is 2.90. The summed E-state index contributed by atoms with van der Waals surface area (Å²) >= 11 is 0. The monoisotopic (exact) mass is 289 g/mol. The van der Waals surface area contributed by atoms with Crippen molar-refractivity contribution in [1.29, 1.82) is 0 Å². The number of carbonyl (C=O) groups is 2. The number of amides is 1. The molecule has 1 atom stereocenters. The molecule has 0 saturated carbocycles. The van der Waals surface area contributed by atoms with Crippen molar-refractivity contribution in [3.05, 3.63) is 35.9 Å². The molecule has 1 aliphatic rings. The molecule has 1 heterocycles. The van der Waals surface area contributed by atoms with E-state index in [2.05, 4.69) is 0 Å². The summed E-state index contributed by atoms with van der Waals surface area (Å²) in [5.74, 6) is -1.00. The molecule has 0 radical (unpaired) electrons. The van der Waals surface area contributed by atoms with E-state index in [-0.39, 0.29) is 24.7 Å². The second kappa shape index (κ2) is 7.81. The molecule has 2 rings (SSSR count). The van der Waals surface area contributed by atoms with E-state index in [1.54, 1.807) is 0 Å². The lowest BCUT2D eigenvalue weighted by Gasteiger charge is -2.23. The molecule has 1 amide bonds. The lowest BCUT2D eigenvalue weighted by molar-refractivity contribution is -0.138. The Morgan fingerprint density at radius 2 is 1.62 bits per heavy atom. The van der Waals surface area contributed by atoms with Crippen LogP contribution in [-0.2, 0) is 9.59 Å². The van der Waals surface area contributed by atoms with Crippen LogP contribution in [0.1, 0.15) is 50.0 Å². The Kier molecular flexibility index (Phi) is 5.78. The summed E-state index contributed by atoms with van der Waals surface area (Å²) in [4.78, 5) is 25.4. The molecule has 114 valence electrons. The van der Waals surface area contributed by atoms with Crippen molar-refractivity contribution in [3.63, 3.8) is 0 Å². The SMILES string of the molecule is O=C(O)CC(CC(=O)N1CCCCCC1)c1ccccc1. The Hall–Kier alpha value is -1.84. The van der Waals surface area contributed by atoms with Crippen LogP contribution in [0.25, 0.3) is 0 Å². The van der Waals surface area contributed by atoms with Gasteiger partial charge >= 0.3 is 5.97 Å². The van der Waals surface area contributed by atoms with E-state index in [0.717, 1.165) is 31.5 Å². The van der Waals surface area contributed by atoms with Crippen LogP contribution in [0.4, 0.5) is 0 Å². The fraction of sp³-hybridized carbons (Fsp3) is 0.529. The maximum Gasteiger partial charge on any atom is 0.303 e. The lowest BCUT2D eigenvalue weighted by atomic mass is 9.92. The van der Waals surface area contributed by atoms with Gasteiger partial charge in [-0.3, -0.25) is 9.59 Å². The van der Waals surface area contributed by atoms with Crippen molar-refractivity contribution in [2.45, 2.75) is 44.4 Å². The minimum absolute atomic E-state index is 0.00356. The van der Waals surface area contributed by atoms with Crippen molar-refractivity contribution < 1.29 is 14.7 Å². The standard InChI is InChI=1S/C17H23NO3/c19-16(18-10-6-1-2-7-11-18)12-15(13-17(20)21)14-8-4-3-5-9-14/h3-5,8-9,15H,1-2,6-7,10-13H2,(H,20,21). The summed E-state index contributed by atoms with van der Waals surface area (Å²) in [6, 6.07) is 9.49. The maximum atomic E-state index is 12.4. The third kappa shape index (κ3) is 4.88. The first-order valence-electron chi connectivity index (χ1n) is 7.71.